The summed E-state index contributed by atoms with van der Waals surface area (Å²) in [4.78, 5) is 0. The molecule has 50 valence electrons. The number of halogens is 1. The summed E-state index contributed by atoms with van der Waals surface area (Å²) in [5.74, 6) is 0. The first-order chi connectivity index (χ1) is 4.22. The van der Waals surface area contributed by atoms with Gasteiger partial charge in [0.1, 0.15) is 0 Å². The van der Waals surface area contributed by atoms with E-state index in [0.29, 0.717) is 5.70 Å². The monoisotopic (exact) mass is 187 g/mol. The molecule has 0 aromatic heterocycles. The lowest BCUT2D eigenvalue weighted by Gasteiger charge is -1.91. The molecule has 0 aliphatic heterocycles. The Bertz CT molecular complexity index is 156. The molecule has 0 aliphatic carbocycles. The van der Waals surface area contributed by atoms with Gasteiger partial charge >= 0.3 is 0 Å². The summed E-state index contributed by atoms with van der Waals surface area (Å²) in [7, 11) is 0. The summed E-state index contributed by atoms with van der Waals surface area (Å²) in [6.07, 6.45) is 5.38. The Hall–Kier alpha value is -0.500. The van der Waals surface area contributed by atoms with E-state index in [1.165, 1.54) is 0 Å². The van der Waals surface area contributed by atoms with Crippen molar-refractivity contribution < 1.29 is 0 Å². The molecule has 2 N–H and O–H groups in total. The molecular formula is C7H10BrN. The van der Waals surface area contributed by atoms with E-state index in [1.807, 2.05) is 19.1 Å². The summed E-state index contributed by atoms with van der Waals surface area (Å²) < 4.78 is 0.875. The molecule has 0 aromatic rings. The minimum Gasteiger partial charge on any atom is -0.398 e. The Morgan fingerprint density at radius 3 is 2.56 bits per heavy atom. The van der Waals surface area contributed by atoms with Gasteiger partial charge in [0.25, 0.3) is 0 Å². The van der Waals surface area contributed by atoms with Gasteiger partial charge in [-0.15, -0.1) is 0 Å². The largest absolute Gasteiger partial charge is 0.398 e. The van der Waals surface area contributed by atoms with Crippen LogP contribution in [0.1, 0.15) is 6.92 Å². The van der Waals surface area contributed by atoms with Crippen molar-refractivity contribution in [2.45, 2.75) is 6.92 Å². The fraction of sp³-hybridized carbons (Fsp3) is 0.143. The number of rotatable bonds is 2. The molecule has 0 heterocycles. The maximum Gasteiger partial charge on any atom is 0.0452 e. The molecule has 0 aromatic carbocycles. The van der Waals surface area contributed by atoms with Crippen molar-refractivity contribution in [1.29, 1.82) is 0 Å². The molecule has 0 saturated heterocycles. The van der Waals surface area contributed by atoms with Crippen LogP contribution in [0.3, 0.4) is 0 Å². The Balaban J connectivity index is 4.27. The third-order valence-corrected chi connectivity index (χ3v) is 1.53. The second-order valence-corrected chi connectivity index (χ2v) is 2.36. The van der Waals surface area contributed by atoms with Crippen molar-refractivity contribution in [3.05, 3.63) is 35.0 Å². The smallest absolute Gasteiger partial charge is 0.0452 e. The molecule has 1 nitrogen and oxygen atoms in total. The zero-order valence-corrected chi connectivity index (χ0v) is 6.98. The van der Waals surface area contributed by atoms with Gasteiger partial charge in [-0.2, -0.15) is 0 Å². The van der Waals surface area contributed by atoms with Crippen LogP contribution in [0.2, 0.25) is 0 Å². The van der Waals surface area contributed by atoms with Crippen LogP contribution < -0.4 is 5.73 Å². The standard InChI is InChI=1S/C7H10BrN/c1-3-5-6(8)7(9)4-2/h3-5H,2,9H2,1H3/b5-3-,7-6-. The average Bonchev–Trinajstić information content (AvgIpc) is 1.87. The quantitative estimate of drug-likeness (QED) is 0.661. The summed E-state index contributed by atoms with van der Waals surface area (Å²) in [6.45, 7) is 5.45. The molecule has 2 heteroatoms. The highest BCUT2D eigenvalue weighted by Gasteiger charge is 1.86. The topological polar surface area (TPSA) is 26.0 Å². The van der Waals surface area contributed by atoms with Crippen molar-refractivity contribution in [2.24, 2.45) is 5.73 Å². The van der Waals surface area contributed by atoms with Crippen molar-refractivity contribution in [3.8, 4) is 0 Å². The van der Waals surface area contributed by atoms with E-state index >= 15 is 0 Å². The first-order valence-corrected chi connectivity index (χ1v) is 3.42. The number of hydrogen-bond donors (Lipinski definition) is 1. The molecule has 0 atom stereocenters. The van der Waals surface area contributed by atoms with Crippen LogP contribution in [0, 0.1) is 0 Å². The van der Waals surface area contributed by atoms with Gasteiger partial charge in [-0.25, -0.2) is 0 Å². The first kappa shape index (κ1) is 8.50. The van der Waals surface area contributed by atoms with Crippen LogP contribution in [0.4, 0.5) is 0 Å². The molecular weight excluding hydrogens is 178 g/mol. The molecule has 9 heavy (non-hydrogen) atoms. The van der Waals surface area contributed by atoms with E-state index < -0.39 is 0 Å². The van der Waals surface area contributed by atoms with E-state index in [-0.39, 0.29) is 0 Å². The van der Waals surface area contributed by atoms with Gasteiger partial charge in [0, 0.05) is 10.2 Å². The van der Waals surface area contributed by atoms with Crippen molar-refractivity contribution in [1.82, 2.24) is 0 Å². The minimum absolute atomic E-state index is 0.660. The van der Waals surface area contributed by atoms with Gasteiger partial charge in [0.2, 0.25) is 0 Å². The summed E-state index contributed by atoms with van der Waals surface area (Å²) in [6, 6.07) is 0. The molecule has 0 spiro atoms. The Morgan fingerprint density at radius 1 is 1.67 bits per heavy atom. The van der Waals surface area contributed by atoms with Gasteiger partial charge < -0.3 is 5.73 Å². The van der Waals surface area contributed by atoms with E-state index in [4.69, 9.17) is 5.73 Å². The Morgan fingerprint density at radius 2 is 2.22 bits per heavy atom. The fourth-order valence-electron chi connectivity index (χ4n) is 0.340. The zero-order chi connectivity index (χ0) is 7.28. The lowest BCUT2D eigenvalue weighted by atomic mass is 10.4. The molecule has 0 aliphatic rings. The Labute approximate surface area is 64.1 Å². The zero-order valence-electron chi connectivity index (χ0n) is 5.39. The number of allylic oxidation sites excluding steroid dienone is 4. The van der Waals surface area contributed by atoms with Crippen molar-refractivity contribution in [2.75, 3.05) is 0 Å². The normalized spacial score (nSPS) is 13.6. The number of hydrogen-bond acceptors (Lipinski definition) is 1. The van der Waals surface area contributed by atoms with E-state index in [0.717, 1.165) is 4.48 Å². The van der Waals surface area contributed by atoms with Crippen LogP contribution >= 0.6 is 15.9 Å². The van der Waals surface area contributed by atoms with Gasteiger partial charge in [-0.1, -0.05) is 18.7 Å². The first-order valence-electron chi connectivity index (χ1n) is 2.62. The van der Waals surface area contributed by atoms with E-state index in [2.05, 4.69) is 22.5 Å². The van der Waals surface area contributed by atoms with Crippen molar-refractivity contribution in [3.63, 3.8) is 0 Å². The van der Waals surface area contributed by atoms with Crippen LogP contribution in [-0.2, 0) is 0 Å². The maximum absolute atomic E-state index is 5.47. The summed E-state index contributed by atoms with van der Waals surface area (Å²) in [5, 5.41) is 0. The third kappa shape index (κ3) is 3.14. The Kier molecular flexibility index (Phi) is 4.14. The van der Waals surface area contributed by atoms with Crippen LogP contribution in [0.15, 0.2) is 35.0 Å². The molecule has 0 unspecified atom stereocenters. The second-order valence-electron chi connectivity index (χ2n) is 1.51. The number of nitrogens with two attached hydrogens (primary N) is 1. The molecule has 0 amide bonds. The summed E-state index contributed by atoms with van der Waals surface area (Å²) in [5.41, 5.74) is 6.13. The lowest BCUT2D eigenvalue weighted by Crippen LogP contribution is -1.92. The van der Waals surface area contributed by atoms with Crippen molar-refractivity contribution >= 4 is 15.9 Å². The van der Waals surface area contributed by atoms with E-state index in [1.54, 1.807) is 6.08 Å². The summed E-state index contributed by atoms with van der Waals surface area (Å²) >= 11 is 3.26. The highest BCUT2D eigenvalue weighted by molar-refractivity contribution is 9.11. The lowest BCUT2D eigenvalue weighted by molar-refractivity contribution is 1.42. The average molecular weight is 188 g/mol. The molecule has 0 rings (SSSR count). The van der Waals surface area contributed by atoms with Gasteiger partial charge in [-0.05, 0) is 28.9 Å². The molecule has 0 saturated carbocycles. The van der Waals surface area contributed by atoms with E-state index in [9.17, 15) is 0 Å². The molecule has 0 fully saturated rings. The van der Waals surface area contributed by atoms with Gasteiger partial charge in [0.15, 0.2) is 0 Å². The predicted octanol–water partition coefficient (Wildman–Crippen LogP) is 2.31. The van der Waals surface area contributed by atoms with Crippen LogP contribution in [0.5, 0.6) is 0 Å². The second kappa shape index (κ2) is 4.39. The predicted molar refractivity (Wildman–Crippen MR) is 45.2 cm³/mol. The maximum atomic E-state index is 5.47. The minimum atomic E-state index is 0.660. The SMILES string of the molecule is C=C/C(N)=C(Br)\C=C/C. The van der Waals surface area contributed by atoms with Gasteiger partial charge in [-0.3, -0.25) is 0 Å². The van der Waals surface area contributed by atoms with Gasteiger partial charge in [0.05, 0.1) is 0 Å². The molecule has 0 bridgehead atoms. The highest BCUT2D eigenvalue weighted by atomic mass is 79.9. The van der Waals surface area contributed by atoms with Crippen LogP contribution in [-0.4, -0.2) is 0 Å². The third-order valence-electron chi connectivity index (χ3n) is 0.809. The fourth-order valence-corrected chi connectivity index (χ4v) is 0.766. The highest BCUT2D eigenvalue weighted by Crippen LogP contribution is 2.09. The molecule has 0 radical (unpaired) electrons. The van der Waals surface area contributed by atoms with Crippen LogP contribution in [0.25, 0.3) is 0 Å².